The maximum absolute atomic E-state index is 11.7. The summed E-state index contributed by atoms with van der Waals surface area (Å²) in [5.74, 6) is 0.120. The molecule has 2 rings (SSSR count). The lowest BCUT2D eigenvalue weighted by Gasteiger charge is -2.23. The van der Waals surface area contributed by atoms with Gasteiger partial charge in [-0.3, -0.25) is 4.79 Å². The summed E-state index contributed by atoms with van der Waals surface area (Å²) in [5.41, 5.74) is 0. The van der Waals surface area contributed by atoms with Gasteiger partial charge in [0.2, 0.25) is 5.91 Å². The molecule has 0 aromatic heterocycles. The lowest BCUT2D eigenvalue weighted by Crippen LogP contribution is -2.42. The number of hydrogen-bond acceptors (Lipinski definition) is 5. The second kappa shape index (κ2) is 5.99. The van der Waals surface area contributed by atoms with E-state index in [4.69, 9.17) is 4.74 Å². The predicted molar refractivity (Wildman–Crippen MR) is 67.0 cm³/mol. The molecule has 18 heavy (non-hydrogen) atoms. The molecule has 6 nitrogen and oxygen atoms in total. The molecule has 2 aliphatic heterocycles. The Bertz CT molecular complexity index is 390. The lowest BCUT2D eigenvalue weighted by atomic mass is 10.2. The zero-order valence-corrected chi connectivity index (χ0v) is 11.2. The van der Waals surface area contributed by atoms with Crippen molar-refractivity contribution < 1.29 is 17.9 Å². The van der Waals surface area contributed by atoms with Crippen LogP contribution in [0.15, 0.2) is 0 Å². The number of nitrogens with one attached hydrogen (secondary N) is 2. The lowest BCUT2D eigenvalue weighted by molar-refractivity contribution is -0.124. The van der Waals surface area contributed by atoms with Gasteiger partial charge in [0.15, 0.2) is 9.84 Å². The number of morpholine rings is 1. The minimum Gasteiger partial charge on any atom is -0.375 e. The van der Waals surface area contributed by atoms with Gasteiger partial charge in [0.05, 0.1) is 30.1 Å². The van der Waals surface area contributed by atoms with Crippen LogP contribution >= 0.6 is 0 Å². The van der Waals surface area contributed by atoms with Crippen LogP contribution < -0.4 is 10.6 Å². The first-order valence-corrected chi connectivity index (χ1v) is 8.10. The fourth-order valence-electron chi connectivity index (χ4n) is 2.34. The molecule has 0 aromatic rings. The molecule has 0 aliphatic carbocycles. The second-order valence-corrected chi connectivity index (χ2v) is 7.24. The maximum Gasteiger partial charge on any atom is 0.222 e. The Balaban J connectivity index is 1.71. The third-order valence-electron chi connectivity index (χ3n) is 3.41. The molecule has 2 atom stereocenters. The standard InChI is InChI=1S/C11H20N2O4S/c14-11(6-9-7-12-3-4-17-9)13-8-10-2-1-5-18(10,15)16/h9-10,12H,1-8H2,(H,13,14). The molecule has 2 fully saturated rings. The van der Waals surface area contributed by atoms with Crippen molar-refractivity contribution in [2.75, 3.05) is 32.0 Å². The molecule has 0 spiro atoms. The number of hydrogen-bond donors (Lipinski definition) is 2. The highest BCUT2D eigenvalue weighted by Gasteiger charge is 2.31. The third kappa shape index (κ3) is 3.66. The summed E-state index contributed by atoms with van der Waals surface area (Å²) in [6.07, 6.45) is 1.56. The molecule has 0 aromatic carbocycles. The van der Waals surface area contributed by atoms with Gasteiger partial charge in [-0.05, 0) is 12.8 Å². The molecule has 1 amide bonds. The van der Waals surface area contributed by atoms with E-state index in [0.717, 1.165) is 6.54 Å². The first kappa shape index (κ1) is 13.8. The molecule has 104 valence electrons. The highest BCUT2D eigenvalue weighted by Crippen LogP contribution is 2.19. The Morgan fingerprint density at radius 2 is 2.28 bits per heavy atom. The largest absolute Gasteiger partial charge is 0.375 e. The second-order valence-electron chi connectivity index (χ2n) is 4.84. The third-order valence-corrected chi connectivity index (χ3v) is 5.68. The van der Waals surface area contributed by atoms with Crippen LogP contribution in [0.25, 0.3) is 0 Å². The summed E-state index contributed by atoms with van der Waals surface area (Å²) in [4.78, 5) is 11.7. The zero-order valence-electron chi connectivity index (χ0n) is 10.4. The van der Waals surface area contributed by atoms with Crippen molar-refractivity contribution in [2.24, 2.45) is 0 Å². The average Bonchev–Trinajstić information content (AvgIpc) is 2.67. The van der Waals surface area contributed by atoms with Crippen molar-refractivity contribution in [1.82, 2.24) is 10.6 Å². The molecule has 0 radical (unpaired) electrons. The Kier molecular flexibility index (Phi) is 4.58. The summed E-state index contributed by atoms with van der Waals surface area (Å²) in [5, 5.41) is 5.45. The molecule has 2 N–H and O–H groups in total. The summed E-state index contributed by atoms with van der Waals surface area (Å²) >= 11 is 0. The van der Waals surface area contributed by atoms with E-state index in [-0.39, 0.29) is 24.3 Å². The van der Waals surface area contributed by atoms with E-state index in [0.29, 0.717) is 32.4 Å². The minimum atomic E-state index is -2.97. The van der Waals surface area contributed by atoms with E-state index < -0.39 is 15.1 Å². The van der Waals surface area contributed by atoms with Crippen molar-refractivity contribution in [3.8, 4) is 0 Å². The SMILES string of the molecule is O=C(CC1CNCCO1)NCC1CCCS1(=O)=O. The Labute approximate surface area is 107 Å². The summed E-state index contributed by atoms with van der Waals surface area (Å²) in [6, 6.07) is 0. The Morgan fingerprint density at radius 3 is 2.89 bits per heavy atom. The van der Waals surface area contributed by atoms with Crippen molar-refractivity contribution in [2.45, 2.75) is 30.6 Å². The van der Waals surface area contributed by atoms with Gasteiger partial charge in [0.1, 0.15) is 0 Å². The molecule has 2 heterocycles. The van der Waals surface area contributed by atoms with Crippen LogP contribution in [-0.2, 0) is 19.4 Å². The van der Waals surface area contributed by atoms with Crippen molar-refractivity contribution in [3.05, 3.63) is 0 Å². The number of carbonyl (C=O) groups excluding carboxylic acids is 1. The molecule has 0 saturated carbocycles. The van der Waals surface area contributed by atoms with Gasteiger partial charge >= 0.3 is 0 Å². The topological polar surface area (TPSA) is 84.5 Å². The quantitative estimate of drug-likeness (QED) is 0.692. The molecule has 2 saturated heterocycles. The van der Waals surface area contributed by atoms with E-state index in [2.05, 4.69) is 10.6 Å². The number of amides is 1. The fourth-order valence-corrected chi connectivity index (χ4v) is 4.11. The molecule has 0 bridgehead atoms. The number of carbonyl (C=O) groups is 1. The van der Waals surface area contributed by atoms with Crippen LogP contribution in [0, 0.1) is 0 Å². The molecule has 2 unspecified atom stereocenters. The maximum atomic E-state index is 11.7. The number of sulfone groups is 1. The normalized spacial score (nSPS) is 31.1. The van der Waals surface area contributed by atoms with Gasteiger partial charge < -0.3 is 15.4 Å². The highest BCUT2D eigenvalue weighted by molar-refractivity contribution is 7.92. The van der Waals surface area contributed by atoms with Crippen molar-refractivity contribution in [1.29, 1.82) is 0 Å². The fraction of sp³-hybridized carbons (Fsp3) is 0.909. The molecule has 7 heteroatoms. The summed E-state index contributed by atoms with van der Waals surface area (Å²) in [6.45, 7) is 2.35. The van der Waals surface area contributed by atoms with E-state index in [9.17, 15) is 13.2 Å². The van der Waals surface area contributed by atoms with Gasteiger partial charge in [-0.25, -0.2) is 8.42 Å². The van der Waals surface area contributed by atoms with E-state index in [1.54, 1.807) is 0 Å². The van der Waals surface area contributed by atoms with Crippen LogP contribution in [-0.4, -0.2) is 57.7 Å². The van der Waals surface area contributed by atoms with Gasteiger partial charge in [-0.15, -0.1) is 0 Å². The molecular formula is C11H20N2O4S. The Morgan fingerprint density at radius 1 is 1.44 bits per heavy atom. The van der Waals surface area contributed by atoms with Crippen molar-refractivity contribution in [3.63, 3.8) is 0 Å². The summed E-state index contributed by atoms with van der Waals surface area (Å²) in [7, 11) is -2.97. The summed E-state index contributed by atoms with van der Waals surface area (Å²) < 4.78 is 28.6. The van der Waals surface area contributed by atoms with Gasteiger partial charge in [-0.1, -0.05) is 0 Å². The molecule has 2 aliphatic rings. The monoisotopic (exact) mass is 276 g/mol. The van der Waals surface area contributed by atoms with E-state index >= 15 is 0 Å². The minimum absolute atomic E-state index is 0.0982. The van der Waals surface area contributed by atoms with Crippen molar-refractivity contribution >= 4 is 15.7 Å². The van der Waals surface area contributed by atoms with E-state index in [1.807, 2.05) is 0 Å². The molecular weight excluding hydrogens is 256 g/mol. The van der Waals surface area contributed by atoms with Gasteiger partial charge in [-0.2, -0.15) is 0 Å². The highest BCUT2D eigenvalue weighted by atomic mass is 32.2. The van der Waals surface area contributed by atoms with Crippen LogP contribution in [0.2, 0.25) is 0 Å². The van der Waals surface area contributed by atoms with Crippen LogP contribution in [0.1, 0.15) is 19.3 Å². The van der Waals surface area contributed by atoms with Crippen LogP contribution in [0.5, 0.6) is 0 Å². The number of rotatable bonds is 4. The predicted octanol–water partition coefficient (Wildman–Crippen LogP) is -0.942. The van der Waals surface area contributed by atoms with Gasteiger partial charge in [0, 0.05) is 19.6 Å². The average molecular weight is 276 g/mol. The Hall–Kier alpha value is -0.660. The smallest absolute Gasteiger partial charge is 0.222 e. The zero-order chi connectivity index (χ0) is 13.0. The first-order valence-electron chi connectivity index (χ1n) is 6.38. The number of ether oxygens (including phenoxy) is 1. The van der Waals surface area contributed by atoms with Crippen LogP contribution in [0.4, 0.5) is 0 Å². The van der Waals surface area contributed by atoms with E-state index in [1.165, 1.54) is 0 Å². The first-order chi connectivity index (χ1) is 8.58. The van der Waals surface area contributed by atoms with Crippen LogP contribution in [0.3, 0.4) is 0 Å². The van der Waals surface area contributed by atoms with Gasteiger partial charge in [0.25, 0.3) is 0 Å².